The van der Waals surface area contributed by atoms with Crippen LogP contribution in [-0.2, 0) is 4.74 Å². The summed E-state index contributed by atoms with van der Waals surface area (Å²) in [6.07, 6.45) is 0.573. The molecular weight excluding hydrogens is 220 g/mol. The van der Waals surface area contributed by atoms with Gasteiger partial charge in [0.15, 0.2) is 0 Å². The van der Waals surface area contributed by atoms with Crippen molar-refractivity contribution in [2.45, 2.75) is 6.42 Å². The van der Waals surface area contributed by atoms with Gasteiger partial charge in [0.2, 0.25) is 0 Å². The lowest BCUT2D eigenvalue weighted by atomic mass is 10.2. The number of hydrogen-bond donors (Lipinski definition) is 1. The fraction of sp³-hybridized carbons (Fsp3) is 0.417. The third kappa shape index (κ3) is 2.88. The molecule has 1 aromatic rings. The predicted molar refractivity (Wildman–Crippen MR) is 64.3 cm³/mol. The zero-order valence-corrected chi connectivity index (χ0v) is 9.59. The molecule has 1 amide bonds. The molecule has 0 aliphatic carbocycles. The molecule has 1 fully saturated rings. The number of nitrogens with zero attached hydrogens (tertiary/aromatic N) is 1. The first kappa shape index (κ1) is 11.7. The van der Waals surface area contributed by atoms with E-state index in [0.717, 1.165) is 17.9 Å². The molecule has 1 heterocycles. The second-order valence-electron chi connectivity index (χ2n) is 3.75. The highest BCUT2D eigenvalue weighted by atomic mass is 16.6. The predicted octanol–water partition coefficient (Wildman–Crippen LogP) is 1.37. The van der Waals surface area contributed by atoms with Crippen molar-refractivity contribution >= 4 is 11.8 Å². The minimum absolute atomic E-state index is 0.285. The number of rotatable bonds is 4. The second kappa shape index (κ2) is 5.54. The van der Waals surface area contributed by atoms with E-state index in [1.807, 2.05) is 24.3 Å². The van der Waals surface area contributed by atoms with Gasteiger partial charge in [0.05, 0.1) is 6.61 Å². The van der Waals surface area contributed by atoms with E-state index in [-0.39, 0.29) is 6.09 Å². The second-order valence-corrected chi connectivity index (χ2v) is 3.75. The van der Waals surface area contributed by atoms with E-state index in [1.165, 1.54) is 0 Å². The number of ether oxygens (including phenoxy) is 2. The molecule has 0 aromatic heterocycles. The highest BCUT2D eigenvalue weighted by Crippen LogP contribution is 2.21. The van der Waals surface area contributed by atoms with Gasteiger partial charge in [0.1, 0.15) is 12.4 Å². The van der Waals surface area contributed by atoms with Crippen LogP contribution in [0.15, 0.2) is 24.3 Å². The molecule has 0 unspecified atom stereocenters. The molecule has 0 bridgehead atoms. The largest absolute Gasteiger partial charge is 0.492 e. The standard InChI is InChI=1S/C12H16N2O3/c13-6-9-16-11-4-2-10(3-5-11)14-7-1-8-17-12(14)15/h2-5H,1,6-9,13H2. The first-order valence-electron chi connectivity index (χ1n) is 5.68. The number of cyclic esters (lactones) is 1. The highest BCUT2D eigenvalue weighted by molar-refractivity contribution is 5.88. The van der Waals surface area contributed by atoms with Crippen molar-refractivity contribution < 1.29 is 14.3 Å². The first-order valence-corrected chi connectivity index (χ1v) is 5.68. The van der Waals surface area contributed by atoms with Crippen molar-refractivity contribution in [1.82, 2.24) is 0 Å². The molecule has 17 heavy (non-hydrogen) atoms. The van der Waals surface area contributed by atoms with Crippen LogP contribution in [0, 0.1) is 0 Å². The Balaban J connectivity index is 2.03. The average Bonchev–Trinajstić information content (AvgIpc) is 2.38. The molecule has 1 aliphatic rings. The van der Waals surface area contributed by atoms with Crippen molar-refractivity contribution in [3.63, 3.8) is 0 Å². The van der Waals surface area contributed by atoms with Crippen molar-refractivity contribution in [1.29, 1.82) is 0 Å². The molecular formula is C12H16N2O3. The van der Waals surface area contributed by atoms with Crippen LogP contribution in [0.25, 0.3) is 0 Å². The van der Waals surface area contributed by atoms with Gasteiger partial charge in [-0.2, -0.15) is 0 Å². The normalized spacial score (nSPS) is 15.6. The molecule has 1 aromatic carbocycles. The summed E-state index contributed by atoms with van der Waals surface area (Å²) in [6.45, 7) is 2.18. The maximum Gasteiger partial charge on any atom is 0.414 e. The molecule has 92 valence electrons. The Kier molecular flexibility index (Phi) is 3.82. The number of amides is 1. The van der Waals surface area contributed by atoms with E-state index in [0.29, 0.717) is 26.3 Å². The fourth-order valence-corrected chi connectivity index (χ4v) is 1.68. The Labute approximate surface area is 100 Å². The lowest BCUT2D eigenvalue weighted by molar-refractivity contribution is 0.140. The smallest absolute Gasteiger partial charge is 0.414 e. The van der Waals surface area contributed by atoms with Gasteiger partial charge in [-0.1, -0.05) is 0 Å². The number of anilines is 1. The van der Waals surface area contributed by atoms with Gasteiger partial charge in [0.25, 0.3) is 0 Å². The summed E-state index contributed by atoms with van der Waals surface area (Å²) in [4.78, 5) is 13.1. The maximum absolute atomic E-state index is 11.5. The summed E-state index contributed by atoms with van der Waals surface area (Å²) < 4.78 is 10.3. The molecule has 0 spiro atoms. The highest BCUT2D eigenvalue weighted by Gasteiger charge is 2.20. The summed E-state index contributed by atoms with van der Waals surface area (Å²) in [5.41, 5.74) is 6.18. The Hall–Kier alpha value is -1.75. The van der Waals surface area contributed by atoms with Crippen LogP contribution in [-0.4, -0.2) is 32.4 Å². The Morgan fingerprint density at radius 2 is 2.12 bits per heavy atom. The van der Waals surface area contributed by atoms with Gasteiger partial charge < -0.3 is 15.2 Å². The van der Waals surface area contributed by atoms with Crippen LogP contribution in [0.5, 0.6) is 5.75 Å². The fourth-order valence-electron chi connectivity index (χ4n) is 1.68. The molecule has 0 saturated carbocycles. The monoisotopic (exact) mass is 236 g/mol. The van der Waals surface area contributed by atoms with Crippen LogP contribution < -0.4 is 15.4 Å². The maximum atomic E-state index is 11.5. The van der Waals surface area contributed by atoms with Crippen LogP contribution in [0.3, 0.4) is 0 Å². The van der Waals surface area contributed by atoms with Gasteiger partial charge in [0, 0.05) is 18.8 Å². The lowest BCUT2D eigenvalue weighted by Gasteiger charge is -2.26. The summed E-state index contributed by atoms with van der Waals surface area (Å²) in [5, 5.41) is 0. The molecule has 1 aliphatic heterocycles. The molecule has 5 nitrogen and oxygen atoms in total. The van der Waals surface area contributed by atoms with E-state index in [1.54, 1.807) is 4.90 Å². The van der Waals surface area contributed by atoms with Crippen molar-refractivity contribution in [3.05, 3.63) is 24.3 Å². The molecule has 0 radical (unpaired) electrons. The third-order valence-electron chi connectivity index (χ3n) is 2.51. The third-order valence-corrected chi connectivity index (χ3v) is 2.51. The molecule has 2 N–H and O–H groups in total. The van der Waals surface area contributed by atoms with E-state index in [9.17, 15) is 4.79 Å². The zero-order valence-electron chi connectivity index (χ0n) is 9.59. The van der Waals surface area contributed by atoms with E-state index < -0.39 is 0 Å². The molecule has 5 heteroatoms. The minimum atomic E-state index is -0.285. The summed E-state index contributed by atoms with van der Waals surface area (Å²) in [6, 6.07) is 7.34. The van der Waals surface area contributed by atoms with Gasteiger partial charge in [-0.05, 0) is 30.7 Å². The summed E-state index contributed by atoms with van der Waals surface area (Å²) in [5.74, 6) is 0.754. The van der Waals surface area contributed by atoms with Crippen LogP contribution in [0.2, 0.25) is 0 Å². The number of carbonyl (C=O) groups is 1. The Bertz CT molecular complexity index is 378. The Morgan fingerprint density at radius 1 is 1.35 bits per heavy atom. The van der Waals surface area contributed by atoms with Gasteiger partial charge in [-0.25, -0.2) is 4.79 Å². The summed E-state index contributed by atoms with van der Waals surface area (Å²) in [7, 11) is 0. The number of hydrogen-bond acceptors (Lipinski definition) is 4. The number of nitrogens with two attached hydrogens (primary N) is 1. The topological polar surface area (TPSA) is 64.8 Å². The van der Waals surface area contributed by atoms with E-state index in [2.05, 4.69) is 0 Å². The lowest BCUT2D eigenvalue weighted by Crippen LogP contribution is -2.37. The number of benzene rings is 1. The quantitative estimate of drug-likeness (QED) is 0.857. The van der Waals surface area contributed by atoms with Crippen LogP contribution >= 0.6 is 0 Å². The van der Waals surface area contributed by atoms with Gasteiger partial charge in [-0.3, -0.25) is 4.90 Å². The summed E-state index contributed by atoms with van der Waals surface area (Å²) >= 11 is 0. The minimum Gasteiger partial charge on any atom is -0.492 e. The van der Waals surface area contributed by atoms with Crippen molar-refractivity contribution in [3.8, 4) is 5.75 Å². The van der Waals surface area contributed by atoms with E-state index >= 15 is 0 Å². The van der Waals surface area contributed by atoms with Crippen LogP contribution in [0.4, 0.5) is 10.5 Å². The first-order chi connectivity index (χ1) is 8.31. The zero-order chi connectivity index (χ0) is 12.1. The average molecular weight is 236 g/mol. The molecule has 0 atom stereocenters. The SMILES string of the molecule is NCCOc1ccc(N2CCCOC2=O)cc1. The Morgan fingerprint density at radius 3 is 2.76 bits per heavy atom. The number of carbonyl (C=O) groups excluding carboxylic acids is 1. The van der Waals surface area contributed by atoms with Gasteiger partial charge >= 0.3 is 6.09 Å². The van der Waals surface area contributed by atoms with E-state index in [4.69, 9.17) is 15.2 Å². The van der Waals surface area contributed by atoms with Crippen LogP contribution in [0.1, 0.15) is 6.42 Å². The van der Waals surface area contributed by atoms with Crippen molar-refractivity contribution in [2.24, 2.45) is 5.73 Å². The van der Waals surface area contributed by atoms with Gasteiger partial charge in [-0.15, -0.1) is 0 Å². The molecule has 2 rings (SSSR count). The molecule has 1 saturated heterocycles. The van der Waals surface area contributed by atoms with Crippen molar-refractivity contribution in [2.75, 3.05) is 31.2 Å².